The predicted molar refractivity (Wildman–Crippen MR) is 187 cm³/mol. The number of amides is 3. The van der Waals surface area contributed by atoms with Crippen LogP contribution < -0.4 is 15.1 Å². The van der Waals surface area contributed by atoms with E-state index in [2.05, 4.69) is 16.3 Å². The van der Waals surface area contributed by atoms with Crippen LogP contribution in [0, 0.1) is 6.92 Å². The highest BCUT2D eigenvalue weighted by molar-refractivity contribution is 6.05. The van der Waals surface area contributed by atoms with Gasteiger partial charge in [-0.05, 0) is 90.6 Å². The lowest BCUT2D eigenvalue weighted by molar-refractivity contribution is -0.119. The highest BCUT2D eigenvalue weighted by Crippen LogP contribution is 2.42. The van der Waals surface area contributed by atoms with Crippen LogP contribution in [0.25, 0.3) is 17.1 Å². The summed E-state index contributed by atoms with van der Waals surface area (Å²) >= 11 is 0. The molecule has 2 fully saturated rings. The fourth-order valence-corrected chi connectivity index (χ4v) is 7.27. The Labute approximate surface area is 283 Å². The average Bonchev–Trinajstić information content (AvgIpc) is 3.72. The van der Waals surface area contributed by atoms with E-state index < -0.39 is 11.7 Å². The van der Waals surface area contributed by atoms with Crippen molar-refractivity contribution in [3.05, 3.63) is 53.9 Å². The van der Waals surface area contributed by atoms with Gasteiger partial charge >= 0.3 is 6.09 Å². The molecule has 256 valence electrons. The van der Waals surface area contributed by atoms with Crippen molar-refractivity contribution in [3.8, 4) is 17.1 Å². The molecule has 3 aliphatic rings. The summed E-state index contributed by atoms with van der Waals surface area (Å²) in [5.74, 6) is 0.474. The van der Waals surface area contributed by atoms with Gasteiger partial charge in [-0.3, -0.25) is 9.59 Å². The Balaban J connectivity index is 1.36. The monoisotopic (exact) mass is 655 g/mol. The number of benzene rings is 2. The molecule has 0 bridgehead atoms. The Morgan fingerprint density at radius 2 is 1.65 bits per heavy atom. The summed E-state index contributed by atoms with van der Waals surface area (Å²) in [5.41, 5.74) is 3.98. The van der Waals surface area contributed by atoms with Crippen molar-refractivity contribution in [2.24, 2.45) is 0 Å². The van der Waals surface area contributed by atoms with Crippen molar-refractivity contribution in [2.45, 2.75) is 110 Å². The molecule has 0 spiro atoms. The van der Waals surface area contributed by atoms with Gasteiger partial charge in [-0.25, -0.2) is 14.5 Å². The SMILES string of the molecule is Cc1ccc(-n2nc(C(=O)N3CCCCC[C@H](NC(=O)OC(C)(C)C)C3)nc2-c2ccc3c(c2)N(C2CCCC2)[C@H](C)C(=O)N3C)cc1. The maximum atomic E-state index is 14.2. The van der Waals surface area contributed by atoms with E-state index >= 15 is 0 Å². The first-order valence-electron chi connectivity index (χ1n) is 17.4. The average molecular weight is 656 g/mol. The van der Waals surface area contributed by atoms with Crippen molar-refractivity contribution >= 4 is 29.3 Å². The summed E-state index contributed by atoms with van der Waals surface area (Å²) in [4.78, 5) is 50.8. The number of nitrogens with zero attached hydrogens (tertiary/aromatic N) is 6. The number of fused-ring (bicyclic) bond motifs is 1. The van der Waals surface area contributed by atoms with E-state index in [1.807, 2.05) is 78.1 Å². The summed E-state index contributed by atoms with van der Waals surface area (Å²) in [6, 6.07) is 13.8. The highest BCUT2D eigenvalue weighted by atomic mass is 16.6. The maximum absolute atomic E-state index is 14.2. The molecular formula is C37H49N7O4. The summed E-state index contributed by atoms with van der Waals surface area (Å²) in [5, 5.41) is 7.81. The fourth-order valence-electron chi connectivity index (χ4n) is 7.27. The van der Waals surface area contributed by atoms with Crippen molar-refractivity contribution in [3.63, 3.8) is 0 Å². The molecular weight excluding hydrogens is 606 g/mol. The van der Waals surface area contributed by atoms with Crippen molar-refractivity contribution in [1.82, 2.24) is 25.0 Å². The van der Waals surface area contributed by atoms with Crippen LogP contribution in [0.4, 0.5) is 16.2 Å². The standard InChI is InChI=1S/C37H49N7O4/c1-24-15-18-29(19-16-24)44-33(26-17-20-30-31(22-26)43(28-13-9-10-14-28)25(2)34(45)41(30)6)39-32(40-44)35(46)42-21-11-7-8-12-27(23-42)38-36(47)48-37(3,4)5/h15-20,22,25,27-28H,7-14,21,23H2,1-6H3,(H,38,47)/t25-,27+/m1/s1. The van der Waals surface area contributed by atoms with Crippen molar-refractivity contribution in [2.75, 3.05) is 29.9 Å². The molecule has 1 saturated heterocycles. The number of aromatic nitrogens is 3. The van der Waals surface area contributed by atoms with E-state index in [1.165, 1.54) is 0 Å². The van der Waals surface area contributed by atoms with Gasteiger partial charge in [0.15, 0.2) is 5.82 Å². The van der Waals surface area contributed by atoms with Gasteiger partial charge in [0.2, 0.25) is 11.7 Å². The summed E-state index contributed by atoms with van der Waals surface area (Å²) in [6.45, 7) is 10.4. The van der Waals surface area contributed by atoms with E-state index in [4.69, 9.17) is 14.8 Å². The molecule has 1 saturated carbocycles. The van der Waals surface area contributed by atoms with Crippen LogP contribution in [0.1, 0.15) is 95.2 Å². The minimum Gasteiger partial charge on any atom is -0.444 e. The van der Waals surface area contributed by atoms with E-state index in [1.54, 1.807) is 14.5 Å². The smallest absolute Gasteiger partial charge is 0.407 e. The second-order valence-electron chi connectivity index (χ2n) is 14.6. The van der Waals surface area contributed by atoms with E-state index in [0.29, 0.717) is 25.0 Å². The molecule has 3 amide bonds. The Kier molecular flexibility index (Phi) is 9.49. The fraction of sp³-hybridized carbons (Fsp3) is 0.541. The number of anilines is 2. The minimum atomic E-state index is -0.613. The van der Waals surface area contributed by atoms with Gasteiger partial charge in [0.05, 0.1) is 17.1 Å². The lowest BCUT2D eigenvalue weighted by Gasteiger charge is -2.43. The van der Waals surface area contributed by atoms with Crippen molar-refractivity contribution < 1.29 is 19.1 Å². The summed E-state index contributed by atoms with van der Waals surface area (Å²) in [7, 11) is 1.84. The zero-order chi connectivity index (χ0) is 34.2. The summed E-state index contributed by atoms with van der Waals surface area (Å²) < 4.78 is 7.26. The van der Waals surface area contributed by atoms with E-state index in [9.17, 15) is 14.4 Å². The number of hydrogen-bond donors (Lipinski definition) is 1. The molecule has 2 aromatic carbocycles. The Morgan fingerprint density at radius 1 is 0.938 bits per heavy atom. The number of ether oxygens (including phenoxy) is 1. The molecule has 3 heterocycles. The van der Waals surface area contributed by atoms with Gasteiger partial charge in [-0.1, -0.05) is 43.4 Å². The van der Waals surface area contributed by atoms with Crippen LogP contribution in [0.5, 0.6) is 0 Å². The van der Waals surface area contributed by atoms with Crippen LogP contribution >= 0.6 is 0 Å². The second-order valence-corrected chi connectivity index (χ2v) is 14.6. The molecule has 1 aliphatic carbocycles. The lowest BCUT2D eigenvalue weighted by atomic mass is 10.0. The topological polar surface area (TPSA) is 113 Å². The molecule has 1 N–H and O–H groups in total. The largest absolute Gasteiger partial charge is 0.444 e. The number of rotatable bonds is 5. The van der Waals surface area contributed by atoms with Crippen molar-refractivity contribution in [1.29, 1.82) is 0 Å². The van der Waals surface area contributed by atoms with Gasteiger partial charge in [-0.2, -0.15) is 0 Å². The first-order valence-corrected chi connectivity index (χ1v) is 17.4. The van der Waals surface area contributed by atoms with Crippen LogP contribution in [0.2, 0.25) is 0 Å². The molecule has 2 atom stereocenters. The number of likely N-dealkylation sites (tertiary alicyclic amines) is 1. The van der Waals surface area contributed by atoms with Gasteiger partial charge in [0, 0.05) is 37.8 Å². The third-order valence-corrected chi connectivity index (χ3v) is 9.70. The Hall–Kier alpha value is -4.41. The predicted octanol–water partition coefficient (Wildman–Crippen LogP) is 6.27. The number of aryl methyl sites for hydroxylation is 1. The van der Waals surface area contributed by atoms with Gasteiger partial charge < -0.3 is 24.8 Å². The molecule has 3 aromatic rings. The zero-order valence-electron chi connectivity index (χ0n) is 29.2. The number of carbonyl (C=O) groups excluding carboxylic acids is 3. The third kappa shape index (κ3) is 7.05. The molecule has 11 heteroatoms. The van der Waals surface area contributed by atoms with E-state index in [-0.39, 0.29) is 29.7 Å². The second kappa shape index (κ2) is 13.6. The first kappa shape index (κ1) is 33.5. The molecule has 1 aromatic heterocycles. The molecule has 6 rings (SSSR count). The van der Waals surface area contributed by atoms with Gasteiger partial charge in [0.1, 0.15) is 11.6 Å². The van der Waals surface area contributed by atoms with Crippen LogP contribution in [0.15, 0.2) is 42.5 Å². The minimum absolute atomic E-state index is 0.0885. The lowest BCUT2D eigenvalue weighted by Crippen LogP contribution is -2.54. The van der Waals surface area contributed by atoms with Gasteiger partial charge in [-0.15, -0.1) is 5.10 Å². The molecule has 0 radical (unpaired) electrons. The number of carbonyl (C=O) groups is 3. The van der Waals surface area contributed by atoms with Crippen LogP contribution in [-0.2, 0) is 9.53 Å². The Bertz CT molecular complexity index is 1650. The van der Waals surface area contributed by atoms with E-state index in [0.717, 1.165) is 79.6 Å². The quantitative estimate of drug-likeness (QED) is 0.345. The number of hydrogen-bond acceptors (Lipinski definition) is 7. The van der Waals surface area contributed by atoms with Crippen LogP contribution in [0.3, 0.4) is 0 Å². The molecule has 2 aliphatic heterocycles. The number of alkyl carbamates (subject to hydrolysis) is 1. The molecule has 0 unspecified atom stereocenters. The number of likely N-dealkylation sites (N-methyl/N-ethyl adjacent to an activating group) is 1. The van der Waals surface area contributed by atoms with Gasteiger partial charge in [0.25, 0.3) is 5.91 Å². The Morgan fingerprint density at radius 3 is 2.35 bits per heavy atom. The molecule has 48 heavy (non-hydrogen) atoms. The number of nitrogens with one attached hydrogen (secondary N) is 1. The molecule has 11 nitrogen and oxygen atoms in total. The summed E-state index contributed by atoms with van der Waals surface area (Å²) in [6.07, 6.45) is 7.48. The first-order chi connectivity index (χ1) is 22.9. The highest BCUT2D eigenvalue weighted by Gasteiger charge is 2.39. The normalized spacial score (nSPS) is 20.7. The van der Waals surface area contributed by atoms with Crippen LogP contribution in [-0.4, -0.2) is 81.4 Å². The maximum Gasteiger partial charge on any atom is 0.407 e. The third-order valence-electron chi connectivity index (χ3n) is 9.70. The zero-order valence-corrected chi connectivity index (χ0v) is 29.2.